The molecule has 0 spiro atoms. The van der Waals surface area contributed by atoms with Crippen LogP contribution in [0.25, 0.3) is 5.69 Å². The fourth-order valence-electron chi connectivity index (χ4n) is 3.32. The number of carbonyl (C=O) groups excluding carboxylic acids is 1. The van der Waals surface area contributed by atoms with E-state index in [-0.39, 0.29) is 5.91 Å². The van der Waals surface area contributed by atoms with Crippen molar-refractivity contribution in [2.24, 2.45) is 0 Å². The number of pyridine rings is 1. The van der Waals surface area contributed by atoms with Gasteiger partial charge in [-0.15, -0.1) is 0 Å². The van der Waals surface area contributed by atoms with Gasteiger partial charge in [0.05, 0.1) is 17.9 Å². The third kappa shape index (κ3) is 3.18. The van der Waals surface area contributed by atoms with Crippen molar-refractivity contribution in [3.63, 3.8) is 0 Å². The van der Waals surface area contributed by atoms with Gasteiger partial charge in [-0.25, -0.2) is 4.68 Å². The molecule has 1 amide bonds. The van der Waals surface area contributed by atoms with Gasteiger partial charge in [0.2, 0.25) is 0 Å². The predicted molar refractivity (Wildman–Crippen MR) is 95.6 cm³/mol. The normalized spacial score (nSPS) is 13.3. The first-order chi connectivity index (χ1) is 12.3. The minimum absolute atomic E-state index is 0.126. The van der Waals surface area contributed by atoms with E-state index in [0.29, 0.717) is 12.2 Å². The lowest BCUT2D eigenvalue weighted by molar-refractivity contribution is 0.0944. The maximum absolute atomic E-state index is 12.7. The maximum atomic E-state index is 12.7. The van der Waals surface area contributed by atoms with E-state index in [0.717, 1.165) is 42.6 Å². The topological polar surface area (TPSA) is 59.8 Å². The summed E-state index contributed by atoms with van der Waals surface area (Å²) >= 11 is 0. The number of nitrogens with one attached hydrogen (secondary N) is 1. The van der Waals surface area contributed by atoms with Gasteiger partial charge in [0.25, 0.3) is 5.91 Å². The van der Waals surface area contributed by atoms with Crippen LogP contribution in [0.15, 0.2) is 54.7 Å². The number of fused-ring (bicyclic) bond motifs is 1. The van der Waals surface area contributed by atoms with E-state index in [1.807, 2.05) is 53.2 Å². The summed E-state index contributed by atoms with van der Waals surface area (Å²) in [7, 11) is 0. The molecule has 126 valence electrons. The van der Waals surface area contributed by atoms with Gasteiger partial charge in [0.1, 0.15) is 0 Å². The number of para-hydroxylation sites is 1. The van der Waals surface area contributed by atoms with Gasteiger partial charge in [-0.05, 0) is 49.9 Å². The molecule has 2 heterocycles. The Labute approximate surface area is 146 Å². The van der Waals surface area contributed by atoms with Gasteiger partial charge in [-0.2, -0.15) is 5.10 Å². The number of hydrogen-bond donors (Lipinski definition) is 1. The summed E-state index contributed by atoms with van der Waals surface area (Å²) in [6, 6.07) is 15.7. The quantitative estimate of drug-likeness (QED) is 0.799. The van der Waals surface area contributed by atoms with Crippen molar-refractivity contribution in [1.29, 1.82) is 0 Å². The van der Waals surface area contributed by atoms with Gasteiger partial charge in [-0.1, -0.05) is 24.3 Å². The Kier molecular flexibility index (Phi) is 4.29. The van der Waals surface area contributed by atoms with Crippen molar-refractivity contribution in [2.45, 2.75) is 32.2 Å². The minimum Gasteiger partial charge on any atom is -0.345 e. The van der Waals surface area contributed by atoms with E-state index in [4.69, 9.17) is 0 Å². The Morgan fingerprint density at radius 1 is 1.04 bits per heavy atom. The number of amides is 1. The lowest BCUT2D eigenvalue weighted by Gasteiger charge is -2.14. The zero-order valence-corrected chi connectivity index (χ0v) is 14.0. The summed E-state index contributed by atoms with van der Waals surface area (Å²) in [5.41, 5.74) is 4.65. The number of hydrogen-bond acceptors (Lipinski definition) is 3. The molecule has 1 N–H and O–H groups in total. The number of nitrogens with zero attached hydrogens (tertiary/aromatic N) is 3. The van der Waals surface area contributed by atoms with Crippen LogP contribution in [0.4, 0.5) is 0 Å². The van der Waals surface area contributed by atoms with E-state index >= 15 is 0 Å². The second-order valence-electron chi connectivity index (χ2n) is 6.23. The monoisotopic (exact) mass is 332 g/mol. The third-order valence-corrected chi connectivity index (χ3v) is 4.55. The highest BCUT2D eigenvalue weighted by atomic mass is 16.1. The largest absolute Gasteiger partial charge is 0.345 e. The average molecular weight is 332 g/mol. The smallest absolute Gasteiger partial charge is 0.272 e. The summed E-state index contributed by atoms with van der Waals surface area (Å²) in [6.45, 7) is 0.409. The highest BCUT2D eigenvalue weighted by Crippen LogP contribution is 2.27. The minimum atomic E-state index is -0.126. The first-order valence-electron chi connectivity index (χ1n) is 8.67. The summed E-state index contributed by atoms with van der Waals surface area (Å²) in [6.07, 6.45) is 5.85. The number of carbonyl (C=O) groups is 1. The Hall–Kier alpha value is -2.95. The second kappa shape index (κ2) is 6.89. The fourth-order valence-corrected chi connectivity index (χ4v) is 3.32. The molecule has 0 bridgehead atoms. The molecule has 0 saturated carbocycles. The van der Waals surface area contributed by atoms with Crippen LogP contribution < -0.4 is 5.32 Å². The number of rotatable bonds is 4. The van der Waals surface area contributed by atoms with E-state index in [9.17, 15) is 4.79 Å². The van der Waals surface area contributed by atoms with Crippen LogP contribution in [0, 0.1) is 0 Å². The summed E-state index contributed by atoms with van der Waals surface area (Å²) in [5.74, 6) is -0.126. The lowest BCUT2D eigenvalue weighted by Crippen LogP contribution is -2.25. The van der Waals surface area contributed by atoms with E-state index in [1.165, 1.54) is 5.69 Å². The summed E-state index contributed by atoms with van der Waals surface area (Å²) in [4.78, 5) is 17.0. The van der Waals surface area contributed by atoms with Crippen LogP contribution >= 0.6 is 0 Å². The third-order valence-electron chi connectivity index (χ3n) is 4.55. The van der Waals surface area contributed by atoms with Gasteiger partial charge in [-0.3, -0.25) is 9.78 Å². The van der Waals surface area contributed by atoms with E-state index in [1.54, 1.807) is 6.20 Å². The van der Waals surface area contributed by atoms with Gasteiger partial charge < -0.3 is 5.32 Å². The fraction of sp³-hybridized carbons (Fsp3) is 0.250. The molecule has 3 aromatic rings. The summed E-state index contributed by atoms with van der Waals surface area (Å²) < 4.78 is 1.93. The molecule has 0 unspecified atom stereocenters. The van der Waals surface area contributed by atoms with Gasteiger partial charge >= 0.3 is 0 Å². The number of aromatic nitrogens is 3. The maximum Gasteiger partial charge on any atom is 0.272 e. The zero-order valence-electron chi connectivity index (χ0n) is 14.0. The zero-order chi connectivity index (χ0) is 17.1. The first-order valence-corrected chi connectivity index (χ1v) is 8.67. The molecule has 25 heavy (non-hydrogen) atoms. The Morgan fingerprint density at radius 2 is 1.84 bits per heavy atom. The molecule has 5 heteroatoms. The highest BCUT2D eigenvalue weighted by Gasteiger charge is 2.25. The van der Waals surface area contributed by atoms with Crippen molar-refractivity contribution in [3.05, 3.63) is 77.4 Å². The van der Waals surface area contributed by atoms with Crippen molar-refractivity contribution in [3.8, 4) is 5.69 Å². The van der Waals surface area contributed by atoms with Gasteiger partial charge in [0, 0.05) is 17.5 Å². The molecule has 1 aliphatic carbocycles. The molecular weight excluding hydrogens is 312 g/mol. The Balaban J connectivity index is 1.63. The molecule has 1 aliphatic rings. The highest BCUT2D eigenvalue weighted by molar-refractivity contribution is 5.94. The van der Waals surface area contributed by atoms with Crippen LogP contribution in [0.3, 0.4) is 0 Å². The van der Waals surface area contributed by atoms with Crippen LogP contribution in [-0.4, -0.2) is 20.7 Å². The lowest BCUT2D eigenvalue weighted by atomic mass is 9.95. The van der Waals surface area contributed by atoms with Crippen LogP contribution in [0.2, 0.25) is 0 Å². The molecular formula is C20H20N4O. The molecule has 0 fully saturated rings. The molecule has 0 radical (unpaired) electrons. The molecule has 2 aromatic heterocycles. The molecule has 0 aliphatic heterocycles. The SMILES string of the molecule is O=C(NCc1ccccn1)c1nn(-c2ccccc2)c2c1CCCC2. The second-order valence-corrected chi connectivity index (χ2v) is 6.23. The van der Waals surface area contributed by atoms with Gasteiger partial charge in [0.15, 0.2) is 5.69 Å². The van der Waals surface area contributed by atoms with Crippen molar-refractivity contribution in [2.75, 3.05) is 0 Å². The van der Waals surface area contributed by atoms with Crippen molar-refractivity contribution >= 4 is 5.91 Å². The molecule has 0 atom stereocenters. The van der Waals surface area contributed by atoms with E-state index < -0.39 is 0 Å². The number of benzene rings is 1. The molecule has 5 nitrogen and oxygen atoms in total. The molecule has 1 aromatic carbocycles. The standard InChI is InChI=1S/C20H20N4O/c25-20(22-14-15-8-6-7-13-21-15)19-17-11-4-5-12-18(17)24(23-19)16-9-2-1-3-10-16/h1-3,6-10,13H,4-5,11-12,14H2,(H,22,25). The van der Waals surface area contributed by atoms with Crippen LogP contribution in [0.5, 0.6) is 0 Å². The Bertz CT molecular complexity index is 871. The van der Waals surface area contributed by atoms with Crippen molar-refractivity contribution < 1.29 is 4.79 Å². The van der Waals surface area contributed by atoms with Crippen molar-refractivity contribution in [1.82, 2.24) is 20.1 Å². The molecule has 4 rings (SSSR count). The van der Waals surface area contributed by atoms with Crippen LogP contribution in [-0.2, 0) is 19.4 Å². The summed E-state index contributed by atoms with van der Waals surface area (Å²) in [5, 5.41) is 7.61. The van der Waals surface area contributed by atoms with E-state index in [2.05, 4.69) is 15.4 Å². The first kappa shape index (κ1) is 15.6. The average Bonchev–Trinajstić information content (AvgIpc) is 3.07. The Morgan fingerprint density at radius 3 is 2.64 bits per heavy atom. The predicted octanol–water partition coefficient (Wildman–Crippen LogP) is 3.08. The van der Waals surface area contributed by atoms with Crippen LogP contribution in [0.1, 0.15) is 40.3 Å². The molecule has 0 saturated heterocycles.